The lowest BCUT2D eigenvalue weighted by atomic mass is 10.0. The number of non-ortho nitro benzene ring substituents is 1. The highest BCUT2D eigenvalue weighted by molar-refractivity contribution is 5.77. The molecule has 1 rings (SSSR count). The summed E-state index contributed by atoms with van der Waals surface area (Å²) in [5.74, 6) is -1.20. The fourth-order valence-corrected chi connectivity index (χ4v) is 1.22. The normalized spacial score (nSPS) is 13.7. The second kappa shape index (κ2) is 6.08. The van der Waals surface area contributed by atoms with Crippen molar-refractivity contribution in [2.24, 2.45) is 5.73 Å². The van der Waals surface area contributed by atoms with Crippen molar-refractivity contribution < 1.29 is 19.5 Å². The molecule has 1 aromatic carbocycles. The molecule has 2 N–H and O–H groups in total. The summed E-state index contributed by atoms with van der Waals surface area (Å²) in [5, 5.41) is 10.5. The summed E-state index contributed by atoms with van der Waals surface area (Å²) in [5.41, 5.74) is 5.82. The van der Waals surface area contributed by atoms with E-state index in [0.717, 1.165) is 0 Å². The van der Waals surface area contributed by atoms with E-state index in [9.17, 15) is 14.9 Å². The molecule has 0 amide bonds. The van der Waals surface area contributed by atoms with Crippen LogP contribution in [0.1, 0.15) is 25.3 Å². The number of carbonyl (C=O) groups excluding carboxylic acids is 1. The van der Waals surface area contributed by atoms with Crippen molar-refractivity contribution in [3.63, 3.8) is 0 Å². The van der Waals surface area contributed by atoms with Gasteiger partial charge in [-0.2, -0.15) is 4.89 Å². The zero-order valence-electron chi connectivity index (χ0n) is 10.0. The van der Waals surface area contributed by atoms with E-state index in [0.29, 0.717) is 5.56 Å². The second-order valence-corrected chi connectivity index (χ2v) is 3.77. The highest BCUT2D eigenvalue weighted by Crippen LogP contribution is 2.20. The SMILES string of the molecule is CC(N)OOC(=O)C(C)c1ccc([N+](=O)[O-])cc1. The number of nitro benzene ring substituents is 1. The van der Waals surface area contributed by atoms with Crippen LogP contribution >= 0.6 is 0 Å². The fraction of sp³-hybridized carbons (Fsp3) is 0.364. The lowest BCUT2D eigenvalue weighted by Crippen LogP contribution is -2.23. The molecule has 0 aliphatic heterocycles. The van der Waals surface area contributed by atoms with Crippen molar-refractivity contribution in [3.8, 4) is 0 Å². The summed E-state index contributed by atoms with van der Waals surface area (Å²) < 4.78 is 0. The molecule has 98 valence electrons. The molecule has 0 saturated heterocycles. The number of hydrogen-bond acceptors (Lipinski definition) is 6. The minimum absolute atomic E-state index is 0.0360. The van der Waals surface area contributed by atoms with Gasteiger partial charge < -0.3 is 5.73 Å². The maximum Gasteiger partial charge on any atom is 0.349 e. The Balaban J connectivity index is 2.68. The van der Waals surface area contributed by atoms with Gasteiger partial charge in [-0.05, 0) is 19.4 Å². The quantitative estimate of drug-likeness (QED) is 0.369. The van der Waals surface area contributed by atoms with Crippen LogP contribution in [-0.4, -0.2) is 17.1 Å². The van der Waals surface area contributed by atoms with Gasteiger partial charge in [-0.1, -0.05) is 12.1 Å². The Morgan fingerprint density at radius 3 is 2.33 bits per heavy atom. The third-order valence-corrected chi connectivity index (χ3v) is 2.24. The van der Waals surface area contributed by atoms with Crippen LogP contribution < -0.4 is 5.73 Å². The highest BCUT2D eigenvalue weighted by atomic mass is 17.2. The molecule has 0 aliphatic carbocycles. The second-order valence-electron chi connectivity index (χ2n) is 3.77. The molecule has 0 aromatic heterocycles. The molecule has 1 aromatic rings. The molecule has 0 saturated carbocycles. The van der Waals surface area contributed by atoms with Gasteiger partial charge in [0.1, 0.15) is 6.23 Å². The number of benzene rings is 1. The zero-order valence-corrected chi connectivity index (χ0v) is 10.0. The number of nitro groups is 1. The minimum atomic E-state index is -0.710. The van der Waals surface area contributed by atoms with Gasteiger partial charge in [-0.15, -0.1) is 0 Å². The van der Waals surface area contributed by atoms with Gasteiger partial charge in [0.25, 0.3) is 5.69 Å². The molecule has 7 nitrogen and oxygen atoms in total. The first-order valence-electron chi connectivity index (χ1n) is 5.29. The molecule has 2 unspecified atom stereocenters. The summed E-state index contributed by atoms with van der Waals surface area (Å²) in [7, 11) is 0. The average Bonchev–Trinajstić information content (AvgIpc) is 2.35. The van der Waals surface area contributed by atoms with Crippen molar-refractivity contribution in [2.45, 2.75) is 26.0 Å². The third-order valence-electron chi connectivity index (χ3n) is 2.24. The van der Waals surface area contributed by atoms with Gasteiger partial charge in [0.05, 0.1) is 10.8 Å². The van der Waals surface area contributed by atoms with Gasteiger partial charge in [0.2, 0.25) is 0 Å². The first-order chi connectivity index (χ1) is 8.41. The Bertz CT molecular complexity index is 430. The van der Waals surface area contributed by atoms with Crippen LogP contribution in [0.3, 0.4) is 0 Å². The Morgan fingerprint density at radius 2 is 1.89 bits per heavy atom. The number of rotatable bonds is 5. The van der Waals surface area contributed by atoms with Gasteiger partial charge in [-0.25, -0.2) is 4.79 Å². The smallest absolute Gasteiger partial charge is 0.303 e. The fourth-order valence-electron chi connectivity index (χ4n) is 1.22. The molecule has 7 heteroatoms. The molecule has 0 radical (unpaired) electrons. The van der Waals surface area contributed by atoms with E-state index in [1.54, 1.807) is 6.92 Å². The van der Waals surface area contributed by atoms with Crippen LogP contribution in [0.4, 0.5) is 5.69 Å². The Kier molecular flexibility index (Phi) is 4.75. The molecule has 18 heavy (non-hydrogen) atoms. The maximum absolute atomic E-state index is 11.5. The molecule has 2 atom stereocenters. The predicted molar refractivity (Wildman–Crippen MR) is 62.3 cm³/mol. The molecule has 0 aliphatic rings. The van der Waals surface area contributed by atoms with E-state index in [-0.39, 0.29) is 5.69 Å². The molecule has 0 fully saturated rings. The standard InChI is InChI=1S/C11H14N2O5/c1-7(11(14)18-17-8(2)12)9-3-5-10(6-4-9)13(15)16/h3-8H,12H2,1-2H3. The van der Waals surface area contributed by atoms with Gasteiger partial charge >= 0.3 is 5.97 Å². The van der Waals surface area contributed by atoms with E-state index < -0.39 is 23.0 Å². The van der Waals surface area contributed by atoms with Crippen molar-refractivity contribution in [1.29, 1.82) is 0 Å². The van der Waals surface area contributed by atoms with Gasteiger partial charge in [0, 0.05) is 12.1 Å². The van der Waals surface area contributed by atoms with Crippen LogP contribution in [0, 0.1) is 10.1 Å². The van der Waals surface area contributed by atoms with Crippen LogP contribution in [0.5, 0.6) is 0 Å². The van der Waals surface area contributed by atoms with Crippen molar-refractivity contribution in [3.05, 3.63) is 39.9 Å². The van der Waals surface area contributed by atoms with E-state index in [1.807, 2.05) is 0 Å². The lowest BCUT2D eigenvalue weighted by molar-refractivity contribution is -0.384. The largest absolute Gasteiger partial charge is 0.349 e. The van der Waals surface area contributed by atoms with Crippen LogP contribution in [0.2, 0.25) is 0 Å². The van der Waals surface area contributed by atoms with Crippen LogP contribution in [0.25, 0.3) is 0 Å². The average molecular weight is 254 g/mol. The number of nitrogens with two attached hydrogens (primary N) is 1. The summed E-state index contributed by atoms with van der Waals surface area (Å²) >= 11 is 0. The monoisotopic (exact) mass is 254 g/mol. The van der Waals surface area contributed by atoms with Crippen LogP contribution in [-0.2, 0) is 14.6 Å². The van der Waals surface area contributed by atoms with Crippen molar-refractivity contribution in [1.82, 2.24) is 0 Å². The summed E-state index contributed by atoms with van der Waals surface area (Å²) in [6, 6.07) is 5.64. The van der Waals surface area contributed by atoms with E-state index in [2.05, 4.69) is 9.78 Å². The molecular formula is C11H14N2O5. The molecule has 0 heterocycles. The topological polar surface area (TPSA) is 105 Å². The summed E-state index contributed by atoms with van der Waals surface area (Å²) in [6.45, 7) is 3.12. The maximum atomic E-state index is 11.5. The number of carbonyl (C=O) groups is 1. The van der Waals surface area contributed by atoms with Gasteiger partial charge in [0.15, 0.2) is 0 Å². The minimum Gasteiger partial charge on any atom is -0.303 e. The van der Waals surface area contributed by atoms with E-state index in [1.165, 1.54) is 31.2 Å². The zero-order chi connectivity index (χ0) is 13.7. The Labute approximate surface area is 104 Å². The van der Waals surface area contributed by atoms with E-state index >= 15 is 0 Å². The number of nitrogens with zero attached hydrogens (tertiary/aromatic N) is 1. The first kappa shape index (κ1) is 14.1. The Morgan fingerprint density at radius 1 is 1.33 bits per heavy atom. The van der Waals surface area contributed by atoms with Crippen molar-refractivity contribution in [2.75, 3.05) is 0 Å². The molecule has 0 bridgehead atoms. The van der Waals surface area contributed by atoms with Gasteiger partial charge in [-0.3, -0.25) is 15.0 Å². The van der Waals surface area contributed by atoms with E-state index in [4.69, 9.17) is 5.73 Å². The Hall–Kier alpha value is -1.99. The van der Waals surface area contributed by atoms with Crippen LogP contribution in [0.15, 0.2) is 24.3 Å². The van der Waals surface area contributed by atoms with Crippen molar-refractivity contribution >= 4 is 11.7 Å². The predicted octanol–water partition coefficient (Wildman–Crippen LogP) is 1.48. The molecule has 0 spiro atoms. The lowest BCUT2D eigenvalue weighted by Gasteiger charge is -2.11. The highest BCUT2D eigenvalue weighted by Gasteiger charge is 2.19. The third kappa shape index (κ3) is 3.79. The summed E-state index contributed by atoms with van der Waals surface area (Å²) in [4.78, 5) is 30.5. The summed E-state index contributed by atoms with van der Waals surface area (Å²) in [6.07, 6.45) is -0.710. The number of hydrogen-bond donors (Lipinski definition) is 1. The first-order valence-corrected chi connectivity index (χ1v) is 5.29. The molecular weight excluding hydrogens is 240 g/mol.